The largest absolute Gasteiger partial charge is 0.387 e. The summed E-state index contributed by atoms with van der Waals surface area (Å²) in [5.74, 6) is 0. The lowest BCUT2D eigenvalue weighted by Gasteiger charge is -2.18. The van der Waals surface area contributed by atoms with Gasteiger partial charge in [-0.15, -0.1) is 0 Å². The summed E-state index contributed by atoms with van der Waals surface area (Å²) in [5, 5.41) is 13.5. The second-order valence-corrected chi connectivity index (χ2v) is 3.51. The first-order valence-corrected chi connectivity index (χ1v) is 4.63. The van der Waals surface area contributed by atoms with Gasteiger partial charge in [0.1, 0.15) is 0 Å². The standard InChI is InChI=1S/C10H14ClNO/c1-7(12-2)10(13)8-3-5-9(11)6-4-8/h3-7,10,12-13H,1-2H3/t7-,10-/m0/s1. The van der Waals surface area contributed by atoms with Gasteiger partial charge in [-0.25, -0.2) is 0 Å². The van der Waals surface area contributed by atoms with Gasteiger partial charge in [-0.1, -0.05) is 23.7 Å². The molecule has 1 aromatic carbocycles. The van der Waals surface area contributed by atoms with Crippen molar-refractivity contribution in [1.29, 1.82) is 0 Å². The van der Waals surface area contributed by atoms with Crippen LogP contribution in [0.3, 0.4) is 0 Å². The van der Waals surface area contributed by atoms with E-state index in [0.29, 0.717) is 5.02 Å². The van der Waals surface area contributed by atoms with Gasteiger partial charge in [-0.05, 0) is 31.7 Å². The molecule has 0 heterocycles. The number of hydrogen-bond acceptors (Lipinski definition) is 2. The predicted molar refractivity (Wildman–Crippen MR) is 54.9 cm³/mol. The molecule has 0 aliphatic heterocycles. The van der Waals surface area contributed by atoms with E-state index in [0.717, 1.165) is 5.56 Å². The van der Waals surface area contributed by atoms with Crippen molar-refractivity contribution in [3.05, 3.63) is 34.9 Å². The van der Waals surface area contributed by atoms with Crippen LogP contribution in [0.5, 0.6) is 0 Å². The molecule has 13 heavy (non-hydrogen) atoms. The molecule has 0 spiro atoms. The molecule has 0 saturated carbocycles. The van der Waals surface area contributed by atoms with E-state index >= 15 is 0 Å². The van der Waals surface area contributed by atoms with Crippen molar-refractivity contribution in [3.63, 3.8) is 0 Å². The molecular formula is C10H14ClNO. The average molecular weight is 200 g/mol. The molecule has 0 aliphatic rings. The minimum Gasteiger partial charge on any atom is -0.387 e. The first-order valence-electron chi connectivity index (χ1n) is 4.26. The summed E-state index contributed by atoms with van der Waals surface area (Å²) in [7, 11) is 1.82. The van der Waals surface area contributed by atoms with Crippen molar-refractivity contribution < 1.29 is 5.11 Å². The molecule has 2 atom stereocenters. The van der Waals surface area contributed by atoms with Crippen LogP contribution in [0.15, 0.2) is 24.3 Å². The first kappa shape index (κ1) is 10.5. The predicted octanol–water partition coefficient (Wildman–Crippen LogP) is 1.98. The molecule has 0 aliphatic carbocycles. The highest BCUT2D eigenvalue weighted by atomic mass is 35.5. The van der Waals surface area contributed by atoms with Crippen LogP contribution in [0.1, 0.15) is 18.6 Å². The molecule has 0 amide bonds. The van der Waals surface area contributed by atoms with Gasteiger partial charge in [-0.2, -0.15) is 0 Å². The molecule has 0 bridgehead atoms. The van der Waals surface area contributed by atoms with Crippen LogP contribution in [0, 0.1) is 0 Å². The van der Waals surface area contributed by atoms with Gasteiger partial charge in [0.15, 0.2) is 0 Å². The monoisotopic (exact) mass is 199 g/mol. The molecule has 0 radical (unpaired) electrons. The zero-order chi connectivity index (χ0) is 9.84. The fraction of sp³-hybridized carbons (Fsp3) is 0.400. The number of halogens is 1. The second kappa shape index (κ2) is 4.61. The lowest BCUT2D eigenvalue weighted by molar-refractivity contribution is 0.140. The quantitative estimate of drug-likeness (QED) is 0.781. The number of rotatable bonds is 3. The van der Waals surface area contributed by atoms with E-state index in [1.54, 1.807) is 12.1 Å². The minimum atomic E-state index is -0.484. The Morgan fingerprint density at radius 1 is 1.31 bits per heavy atom. The van der Waals surface area contributed by atoms with E-state index in [1.807, 2.05) is 26.1 Å². The molecule has 72 valence electrons. The summed E-state index contributed by atoms with van der Waals surface area (Å²) in [5.41, 5.74) is 0.881. The fourth-order valence-electron chi connectivity index (χ4n) is 1.11. The first-order chi connectivity index (χ1) is 6.15. The Hall–Kier alpha value is -0.570. The normalized spacial score (nSPS) is 15.4. The lowest BCUT2D eigenvalue weighted by Crippen LogP contribution is -2.28. The highest BCUT2D eigenvalue weighted by Gasteiger charge is 2.13. The maximum Gasteiger partial charge on any atom is 0.0940 e. The fourth-order valence-corrected chi connectivity index (χ4v) is 1.23. The molecule has 2 N–H and O–H groups in total. The minimum absolute atomic E-state index is 0.0428. The van der Waals surface area contributed by atoms with Crippen molar-refractivity contribution in [2.75, 3.05) is 7.05 Å². The van der Waals surface area contributed by atoms with E-state index < -0.39 is 6.10 Å². The molecular weight excluding hydrogens is 186 g/mol. The van der Waals surface area contributed by atoms with Gasteiger partial charge < -0.3 is 10.4 Å². The number of nitrogens with one attached hydrogen (secondary N) is 1. The van der Waals surface area contributed by atoms with Crippen LogP contribution in [-0.4, -0.2) is 18.2 Å². The molecule has 0 saturated heterocycles. The maximum atomic E-state index is 9.77. The van der Waals surface area contributed by atoms with Gasteiger partial charge in [-0.3, -0.25) is 0 Å². The van der Waals surface area contributed by atoms with E-state index in [2.05, 4.69) is 5.32 Å². The zero-order valence-electron chi connectivity index (χ0n) is 7.79. The SMILES string of the molecule is CN[C@@H](C)[C@H](O)c1ccc(Cl)cc1. The molecule has 1 aromatic rings. The van der Waals surface area contributed by atoms with Crippen molar-refractivity contribution >= 4 is 11.6 Å². The smallest absolute Gasteiger partial charge is 0.0940 e. The van der Waals surface area contributed by atoms with Crippen LogP contribution in [0.4, 0.5) is 0 Å². The highest BCUT2D eigenvalue weighted by Crippen LogP contribution is 2.18. The Labute approximate surface area is 83.5 Å². The third-order valence-corrected chi connectivity index (χ3v) is 2.39. The molecule has 2 nitrogen and oxygen atoms in total. The molecule has 1 rings (SSSR count). The number of hydrogen-bond donors (Lipinski definition) is 2. The van der Waals surface area contributed by atoms with E-state index in [4.69, 9.17) is 11.6 Å². The summed E-state index contributed by atoms with van der Waals surface area (Å²) in [4.78, 5) is 0. The number of aliphatic hydroxyl groups excluding tert-OH is 1. The summed E-state index contributed by atoms with van der Waals surface area (Å²) < 4.78 is 0. The van der Waals surface area contributed by atoms with Crippen molar-refractivity contribution in [2.24, 2.45) is 0 Å². The number of benzene rings is 1. The topological polar surface area (TPSA) is 32.3 Å². The Kier molecular flexibility index (Phi) is 3.72. The van der Waals surface area contributed by atoms with Gasteiger partial charge in [0.25, 0.3) is 0 Å². The maximum absolute atomic E-state index is 9.77. The average Bonchev–Trinajstić information content (AvgIpc) is 2.17. The summed E-state index contributed by atoms with van der Waals surface area (Å²) >= 11 is 5.73. The number of aliphatic hydroxyl groups is 1. The van der Waals surface area contributed by atoms with E-state index in [1.165, 1.54) is 0 Å². The zero-order valence-corrected chi connectivity index (χ0v) is 8.55. The Morgan fingerprint density at radius 2 is 1.85 bits per heavy atom. The van der Waals surface area contributed by atoms with E-state index in [-0.39, 0.29) is 6.04 Å². The molecule has 0 unspecified atom stereocenters. The van der Waals surface area contributed by atoms with Crippen LogP contribution >= 0.6 is 11.6 Å². The molecule has 3 heteroatoms. The Balaban J connectivity index is 2.77. The highest BCUT2D eigenvalue weighted by molar-refractivity contribution is 6.30. The number of likely N-dealkylation sites (N-methyl/N-ethyl adjacent to an activating group) is 1. The third-order valence-electron chi connectivity index (χ3n) is 2.14. The van der Waals surface area contributed by atoms with Crippen LogP contribution in [0.2, 0.25) is 5.02 Å². The van der Waals surface area contributed by atoms with Gasteiger partial charge in [0, 0.05) is 11.1 Å². The molecule has 0 aromatic heterocycles. The van der Waals surface area contributed by atoms with Crippen LogP contribution in [0.25, 0.3) is 0 Å². The van der Waals surface area contributed by atoms with Crippen molar-refractivity contribution in [3.8, 4) is 0 Å². The third kappa shape index (κ3) is 2.69. The molecule has 0 fully saturated rings. The van der Waals surface area contributed by atoms with Crippen molar-refractivity contribution in [1.82, 2.24) is 5.32 Å². The van der Waals surface area contributed by atoms with E-state index in [9.17, 15) is 5.11 Å². The summed E-state index contributed by atoms with van der Waals surface area (Å²) in [6, 6.07) is 7.27. The van der Waals surface area contributed by atoms with Crippen LogP contribution < -0.4 is 5.32 Å². The van der Waals surface area contributed by atoms with Crippen molar-refractivity contribution in [2.45, 2.75) is 19.1 Å². The van der Waals surface area contributed by atoms with Gasteiger partial charge in [0.2, 0.25) is 0 Å². The Bertz CT molecular complexity index is 260. The summed E-state index contributed by atoms with van der Waals surface area (Å²) in [6.07, 6.45) is -0.484. The van der Waals surface area contributed by atoms with Crippen LogP contribution in [-0.2, 0) is 0 Å². The summed E-state index contributed by atoms with van der Waals surface area (Å²) in [6.45, 7) is 1.93. The van der Waals surface area contributed by atoms with Gasteiger partial charge in [0.05, 0.1) is 6.10 Å². The lowest BCUT2D eigenvalue weighted by atomic mass is 10.0. The Morgan fingerprint density at radius 3 is 2.31 bits per heavy atom. The van der Waals surface area contributed by atoms with Gasteiger partial charge >= 0.3 is 0 Å². The second-order valence-electron chi connectivity index (χ2n) is 3.07.